The highest BCUT2D eigenvalue weighted by Crippen LogP contribution is 2.31. The molecular formula is C9H5Br2NO. The van der Waals surface area contributed by atoms with Crippen LogP contribution in [0.3, 0.4) is 0 Å². The molecule has 66 valence electrons. The molecule has 0 radical (unpaired) electrons. The van der Waals surface area contributed by atoms with Crippen molar-refractivity contribution in [1.29, 1.82) is 0 Å². The molecular weight excluding hydrogens is 298 g/mol. The van der Waals surface area contributed by atoms with Gasteiger partial charge < -0.3 is 5.11 Å². The summed E-state index contributed by atoms with van der Waals surface area (Å²) in [6.07, 6.45) is 1.66. The maximum atomic E-state index is 9.62. The van der Waals surface area contributed by atoms with E-state index < -0.39 is 0 Å². The lowest BCUT2D eigenvalue weighted by Gasteiger charge is -2.01. The number of halogens is 2. The highest BCUT2D eigenvalue weighted by atomic mass is 79.9. The molecule has 0 amide bonds. The molecule has 2 rings (SSSR count). The number of benzene rings is 1. The molecule has 0 aliphatic rings. The van der Waals surface area contributed by atoms with Crippen LogP contribution in [0, 0.1) is 0 Å². The molecule has 0 saturated carbocycles. The zero-order valence-electron chi connectivity index (χ0n) is 6.46. The summed E-state index contributed by atoms with van der Waals surface area (Å²) in [6, 6.07) is 5.61. The van der Waals surface area contributed by atoms with Crippen molar-refractivity contribution < 1.29 is 5.11 Å². The number of phenols is 1. The quantitative estimate of drug-likeness (QED) is 0.808. The van der Waals surface area contributed by atoms with Gasteiger partial charge >= 0.3 is 0 Å². The number of aromatic hydroxyl groups is 1. The smallest absolute Gasteiger partial charge is 0.156 e. The second kappa shape index (κ2) is 3.27. The molecule has 2 nitrogen and oxygen atoms in total. The van der Waals surface area contributed by atoms with Crippen molar-refractivity contribution in [2.45, 2.75) is 0 Å². The molecule has 1 heterocycles. The Labute approximate surface area is 91.9 Å². The Balaban J connectivity index is 2.87. The first-order chi connectivity index (χ1) is 6.18. The van der Waals surface area contributed by atoms with E-state index in [2.05, 4.69) is 36.8 Å². The van der Waals surface area contributed by atoms with E-state index in [4.69, 9.17) is 0 Å². The summed E-state index contributed by atoms with van der Waals surface area (Å²) >= 11 is 6.55. The lowest BCUT2D eigenvalue weighted by molar-refractivity contribution is 0.477. The second-order valence-electron chi connectivity index (χ2n) is 2.62. The third-order valence-corrected chi connectivity index (χ3v) is 2.82. The van der Waals surface area contributed by atoms with E-state index in [1.807, 2.05) is 12.1 Å². The van der Waals surface area contributed by atoms with Crippen molar-refractivity contribution in [2.75, 3.05) is 0 Å². The van der Waals surface area contributed by atoms with E-state index in [-0.39, 0.29) is 5.75 Å². The molecule has 0 atom stereocenters. The fourth-order valence-corrected chi connectivity index (χ4v) is 1.80. The summed E-state index contributed by atoms with van der Waals surface area (Å²) in [4.78, 5) is 4.11. The van der Waals surface area contributed by atoms with Crippen molar-refractivity contribution in [3.63, 3.8) is 0 Å². The fraction of sp³-hybridized carbons (Fsp3) is 0. The van der Waals surface area contributed by atoms with Crippen LogP contribution in [0.15, 0.2) is 33.3 Å². The lowest BCUT2D eigenvalue weighted by atomic mass is 10.2. The van der Waals surface area contributed by atoms with Crippen LogP contribution in [-0.2, 0) is 0 Å². The van der Waals surface area contributed by atoms with Crippen molar-refractivity contribution in [3.8, 4) is 5.75 Å². The van der Waals surface area contributed by atoms with Gasteiger partial charge in [-0.15, -0.1) is 0 Å². The Bertz CT molecular complexity index is 470. The fourth-order valence-electron chi connectivity index (χ4n) is 1.13. The standard InChI is InChI=1S/C9H5Br2NO/c10-6-3-5-1-2-7(11)9(13)8(5)12-4-6/h1-4,13H. The monoisotopic (exact) mass is 301 g/mol. The zero-order valence-corrected chi connectivity index (χ0v) is 9.63. The van der Waals surface area contributed by atoms with Crippen LogP contribution in [0.5, 0.6) is 5.75 Å². The van der Waals surface area contributed by atoms with Crippen molar-refractivity contribution in [3.05, 3.63) is 33.3 Å². The van der Waals surface area contributed by atoms with Crippen LogP contribution in [0.25, 0.3) is 10.9 Å². The van der Waals surface area contributed by atoms with Gasteiger partial charge in [-0.05, 0) is 44.0 Å². The Morgan fingerprint density at radius 2 is 2.00 bits per heavy atom. The Kier molecular flexibility index (Phi) is 2.26. The van der Waals surface area contributed by atoms with Gasteiger partial charge in [0, 0.05) is 16.1 Å². The Morgan fingerprint density at radius 1 is 1.23 bits per heavy atom. The van der Waals surface area contributed by atoms with Gasteiger partial charge in [-0.1, -0.05) is 6.07 Å². The molecule has 2 aromatic rings. The SMILES string of the molecule is Oc1c(Br)ccc2cc(Br)cnc12. The molecule has 4 heteroatoms. The van der Waals surface area contributed by atoms with Gasteiger partial charge in [0.05, 0.1) is 4.47 Å². The number of hydrogen-bond donors (Lipinski definition) is 1. The average Bonchev–Trinajstić information content (AvgIpc) is 2.12. The number of phenolic OH excluding ortho intramolecular Hbond substituents is 1. The van der Waals surface area contributed by atoms with Crippen LogP contribution in [0.2, 0.25) is 0 Å². The molecule has 1 aromatic heterocycles. The van der Waals surface area contributed by atoms with E-state index in [9.17, 15) is 5.11 Å². The molecule has 0 saturated heterocycles. The van der Waals surface area contributed by atoms with Gasteiger partial charge in [0.25, 0.3) is 0 Å². The predicted molar refractivity (Wildman–Crippen MR) is 58.8 cm³/mol. The van der Waals surface area contributed by atoms with Crippen LogP contribution >= 0.6 is 31.9 Å². The molecule has 13 heavy (non-hydrogen) atoms. The van der Waals surface area contributed by atoms with E-state index in [1.165, 1.54) is 0 Å². The van der Waals surface area contributed by atoms with Crippen molar-refractivity contribution >= 4 is 42.8 Å². The van der Waals surface area contributed by atoms with Gasteiger partial charge in [-0.3, -0.25) is 4.98 Å². The van der Waals surface area contributed by atoms with Crippen molar-refractivity contribution in [2.24, 2.45) is 0 Å². The molecule has 1 aromatic carbocycles. The Morgan fingerprint density at radius 3 is 2.77 bits per heavy atom. The molecule has 1 N–H and O–H groups in total. The summed E-state index contributed by atoms with van der Waals surface area (Å²) in [5.74, 6) is 0.185. The van der Waals surface area contributed by atoms with E-state index in [0.29, 0.717) is 9.99 Å². The first-order valence-electron chi connectivity index (χ1n) is 3.61. The minimum absolute atomic E-state index is 0.185. The third kappa shape index (κ3) is 1.56. The second-order valence-corrected chi connectivity index (χ2v) is 4.39. The number of aromatic nitrogens is 1. The number of fused-ring (bicyclic) bond motifs is 1. The highest BCUT2D eigenvalue weighted by molar-refractivity contribution is 9.10. The van der Waals surface area contributed by atoms with Gasteiger partial charge in [-0.2, -0.15) is 0 Å². The third-order valence-electron chi connectivity index (χ3n) is 1.74. The number of pyridine rings is 1. The predicted octanol–water partition coefficient (Wildman–Crippen LogP) is 3.47. The highest BCUT2D eigenvalue weighted by Gasteiger charge is 2.04. The summed E-state index contributed by atoms with van der Waals surface area (Å²) in [7, 11) is 0. The maximum absolute atomic E-state index is 9.62. The summed E-state index contributed by atoms with van der Waals surface area (Å²) in [5.41, 5.74) is 0.609. The first kappa shape index (κ1) is 8.97. The molecule has 0 unspecified atom stereocenters. The maximum Gasteiger partial charge on any atom is 0.156 e. The molecule has 0 fully saturated rings. The summed E-state index contributed by atoms with van der Waals surface area (Å²) in [6.45, 7) is 0. The van der Waals surface area contributed by atoms with Crippen LogP contribution in [0.4, 0.5) is 0 Å². The van der Waals surface area contributed by atoms with Gasteiger partial charge in [-0.25, -0.2) is 0 Å². The van der Waals surface area contributed by atoms with Crippen LogP contribution in [-0.4, -0.2) is 10.1 Å². The first-order valence-corrected chi connectivity index (χ1v) is 5.20. The van der Waals surface area contributed by atoms with Crippen molar-refractivity contribution in [1.82, 2.24) is 4.98 Å². The van der Waals surface area contributed by atoms with E-state index in [0.717, 1.165) is 9.86 Å². The number of rotatable bonds is 0. The largest absolute Gasteiger partial charge is 0.505 e. The normalized spacial score (nSPS) is 10.6. The minimum Gasteiger partial charge on any atom is -0.505 e. The van der Waals surface area contributed by atoms with Crippen LogP contribution in [0.1, 0.15) is 0 Å². The van der Waals surface area contributed by atoms with E-state index >= 15 is 0 Å². The molecule has 0 spiro atoms. The van der Waals surface area contributed by atoms with Gasteiger partial charge in [0.2, 0.25) is 0 Å². The molecule has 0 aliphatic heterocycles. The molecule has 0 bridgehead atoms. The van der Waals surface area contributed by atoms with Crippen LogP contribution < -0.4 is 0 Å². The Hall–Kier alpha value is -0.610. The number of hydrogen-bond acceptors (Lipinski definition) is 2. The summed E-state index contributed by atoms with van der Waals surface area (Å²) < 4.78 is 1.57. The van der Waals surface area contributed by atoms with E-state index in [1.54, 1.807) is 12.3 Å². The minimum atomic E-state index is 0.185. The molecule has 0 aliphatic carbocycles. The topological polar surface area (TPSA) is 33.1 Å². The lowest BCUT2D eigenvalue weighted by Crippen LogP contribution is -1.80. The van der Waals surface area contributed by atoms with Gasteiger partial charge in [0.1, 0.15) is 5.52 Å². The number of nitrogens with zero attached hydrogens (tertiary/aromatic N) is 1. The summed E-state index contributed by atoms with van der Waals surface area (Å²) in [5, 5.41) is 10.5. The van der Waals surface area contributed by atoms with Gasteiger partial charge in [0.15, 0.2) is 5.75 Å². The zero-order chi connectivity index (χ0) is 9.42. The average molecular weight is 303 g/mol.